The molecule has 3 aromatic rings. The summed E-state index contributed by atoms with van der Waals surface area (Å²) in [5.41, 5.74) is 3.28. The van der Waals surface area contributed by atoms with Crippen LogP contribution in [0, 0.1) is 0 Å². The Hall–Kier alpha value is -2.64. The maximum atomic E-state index is 12.3. The number of rotatable bonds is 5. The molecule has 1 atom stereocenters. The van der Waals surface area contributed by atoms with Crippen LogP contribution in [0.25, 0.3) is 10.2 Å². The number of hydrogen-bond donors (Lipinski definition) is 1. The Labute approximate surface area is 158 Å². The second-order valence-corrected chi connectivity index (χ2v) is 6.74. The molecule has 1 N–H and O–H groups in total. The Morgan fingerprint density at radius 2 is 2.04 bits per heavy atom. The molecule has 0 aliphatic rings. The number of aromatic nitrogens is 1. The number of anilines is 1. The number of carbonyl (C=O) groups is 2. The highest BCUT2D eigenvalue weighted by Gasteiger charge is 2.20. The topological polar surface area (TPSA) is 77.5 Å². The molecule has 1 amide bonds. The lowest BCUT2D eigenvalue weighted by Crippen LogP contribution is -2.30. The van der Waals surface area contributed by atoms with Gasteiger partial charge in [0, 0.05) is 5.02 Å². The number of nitrogens with zero attached hydrogens (tertiary/aromatic N) is 1. The first kappa shape index (κ1) is 18.2. The van der Waals surface area contributed by atoms with Crippen LogP contribution in [0.15, 0.2) is 41.9 Å². The van der Waals surface area contributed by atoms with Crippen molar-refractivity contribution in [2.24, 2.45) is 0 Å². The van der Waals surface area contributed by atoms with Gasteiger partial charge in [0.15, 0.2) is 6.10 Å². The average molecular weight is 391 g/mol. The quantitative estimate of drug-likeness (QED) is 0.662. The molecule has 0 saturated carbocycles. The van der Waals surface area contributed by atoms with E-state index in [0.29, 0.717) is 22.0 Å². The summed E-state index contributed by atoms with van der Waals surface area (Å²) in [7, 11) is 1.48. The lowest BCUT2D eigenvalue weighted by molar-refractivity contribution is -0.123. The summed E-state index contributed by atoms with van der Waals surface area (Å²) in [6.45, 7) is 1.50. The van der Waals surface area contributed by atoms with Crippen LogP contribution in [0.1, 0.15) is 17.3 Å². The Bertz CT molecular complexity index is 973. The fourth-order valence-electron chi connectivity index (χ4n) is 2.28. The van der Waals surface area contributed by atoms with E-state index >= 15 is 0 Å². The van der Waals surface area contributed by atoms with Crippen molar-refractivity contribution in [1.82, 2.24) is 4.98 Å². The van der Waals surface area contributed by atoms with Crippen molar-refractivity contribution in [2.45, 2.75) is 13.0 Å². The number of carbonyl (C=O) groups excluding carboxylic acids is 2. The number of esters is 1. The van der Waals surface area contributed by atoms with Crippen LogP contribution < -0.4 is 10.1 Å². The van der Waals surface area contributed by atoms with Gasteiger partial charge in [0.05, 0.1) is 34.1 Å². The maximum Gasteiger partial charge on any atom is 0.338 e. The number of ether oxygens (including phenoxy) is 2. The van der Waals surface area contributed by atoms with E-state index in [0.717, 1.165) is 10.2 Å². The van der Waals surface area contributed by atoms with Crippen molar-refractivity contribution >= 4 is 50.7 Å². The smallest absolute Gasteiger partial charge is 0.338 e. The molecule has 0 aliphatic heterocycles. The zero-order valence-electron chi connectivity index (χ0n) is 14.0. The zero-order valence-corrected chi connectivity index (χ0v) is 15.6. The first-order chi connectivity index (χ1) is 12.5. The number of benzene rings is 2. The second-order valence-electron chi connectivity index (χ2n) is 5.42. The minimum absolute atomic E-state index is 0.363. The van der Waals surface area contributed by atoms with Crippen molar-refractivity contribution in [3.8, 4) is 5.75 Å². The summed E-state index contributed by atoms with van der Waals surface area (Å²) in [6.07, 6.45) is -0.997. The summed E-state index contributed by atoms with van der Waals surface area (Å²) < 4.78 is 11.3. The highest BCUT2D eigenvalue weighted by Crippen LogP contribution is 2.28. The van der Waals surface area contributed by atoms with Gasteiger partial charge in [-0.1, -0.05) is 11.6 Å². The van der Waals surface area contributed by atoms with Gasteiger partial charge in [-0.15, -0.1) is 11.3 Å². The normalized spacial score (nSPS) is 11.8. The number of nitrogens with one attached hydrogen (secondary N) is 1. The summed E-state index contributed by atoms with van der Waals surface area (Å²) in [6, 6.07) is 9.90. The van der Waals surface area contributed by atoms with E-state index in [9.17, 15) is 9.59 Å². The van der Waals surface area contributed by atoms with Gasteiger partial charge in [-0.05, 0) is 43.3 Å². The van der Waals surface area contributed by atoms with Crippen molar-refractivity contribution < 1.29 is 19.1 Å². The summed E-state index contributed by atoms with van der Waals surface area (Å²) in [5, 5.41) is 3.10. The van der Waals surface area contributed by atoms with Crippen LogP contribution in [0.4, 0.5) is 5.69 Å². The lowest BCUT2D eigenvalue weighted by atomic mass is 10.2. The minimum Gasteiger partial charge on any atom is -0.495 e. The monoisotopic (exact) mass is 390 g/mol. The van der Waals surface area contributed by atoms with E-state index < -0.39 is 18.0 Å². The summed E-state index contributed by atoms with van der Waals surface area (Å²) >= 11 is 7.37. The summed E-state index contributed by atoms with van der Waals surface area (Å²) in [4.78, 5) is 28.8. The number of amides is 1. The Morgan fingerprint density at radius 3 is 2.81 bits per heavy atom. The largest absolute Gasteiger partial charge is 0.495 e. The number of methoxy groups -OCH3 is 1. The third-order valence-electron chi connectivity index (χ3n) is 3.64. The van der Waals surface area contributed by atoms with Gasteiger partial charge in [-0.2, -0.15) is 0 Å². The van der Waals surface area contributed by atoms with E-state index in [2.05, 4.69) is 10.3 Å². The molecular formula is C18H15ClN2O4S. The molecule has 134 valence electrons. The molecule has 1 aromatic heterocycles. The fourth-order valence-corrected chi connectivity index (χ4v) is 3.16. The molecule has 0 radical (unpaired) electrons. The molecule has 0 saturated heterocycles. The minimum atomic E-state index is -0.997. The summed E-state index contributed by atoms with van der Waals surface area (Å²) in [5.74, 6) is -0.615. The molecule has 3 rings (SSSR count). The highest BCUT2D eigenvalue weighted by atomic mass is 35.5. The van der Waals surface area contributed by atoms with Crippen molar-refractivity contribution in [3.05, 3.63) is 52.5 Å². The van der Waals surface area contributed by atoms with Crippen LogP contribution in [0.2, 0.25) is 5.02 Å². The van der Waals surface area contributed by atoms with Gasteiger partial charge in [-0.3, -0.25) is 4.79 Å². The number of hydrogen-bond acceptors (Lipinski definition) is 6. The van der Waals surface area contributed by atoms with E-state index in [1.165, 1.54) is 25.4 Å². The van der Waals surface area contributed by atoms with Crippen LogP contribution >= 0.6 is 22.9 Å². The molecule has 0 aliphatic carbocycles. The second kappa shape index (κ2) is 7.72. The predicted octanol–water partition coefficient (Wildman–Crippen LogP) is 4.14. The van der Waals surface area contributed by atoms with E-state index in [-0.39, 0.29) is 0 Å². The van der Waals surface area contributed by atoms with Crippen LogP contribution in [0.3, 0.4) is 0 Å². The maximum absolute atomic E-state index is 12.3. The molecule has 26 heavy (non-hydrogen) atoms. The number of fused-ring (bicyclic) bond motifs is 1. The first-order valence-electron chi connectivity index (χ1n) is 7.66. The standard InChI is InChI=1S/C18H15ClN2O4S/c1-10(17(22)21-14-8-12(19)4-6-15(14)24-2)25-18(23)11-3-5-13-16(7-11)26-9-20-13/h3-10H,1-2H3,(H,21,22). The van der Waals surface area contributed by atoms with Crippen LogP contribution in [0.5, 0.6) is 5.75 Å². The molecule has 0 bridgehead atoms. The molecule has 1 heterocycles. The third kappa shape index (κ3) is 3.95. The van der Waals surface area contributed by atoms with Crippen molar-refractivity contribution in [2.75, 3.05) is 12.4 Å². The van der Waals surface area contributed by atoms with Gasteiger partial charge >= 0.3 is 5.97 Å². The first-order valence-corrected chi connectivity index (χ1v) is 8.92. The SMILES string of the molecule is COc1ccc(Cl)cc1NC(=O)C(C)OC(=O)c1ccc2ncsc2c1. The van der Waals surface area contributed by atoms with Gasteiger partial charge in [0.2, 0.25) is 0 Å². The molecule has 0 fully saturated rings. The van der Waals surface area contributed by atoms with Crippen molar-refractivity contribution in [1.29, 1.82) is 0 Å². The predicted molar refractivity (Wildman–Crippen MR) is 101 cm³/mol. The molecule has 8 heteroatoms. The van der Waals surface area contributed by atoms with Gasteiger partial charge in [0.25, 0.3) is 5.91 Å². The van der Waals surface area contributed by atoms with E-state index in [1.807, 2.05) is 0 Å². The molecule has 2 aromatic carbocycles. The van der Waals surface area contributed by atoms with Gasteiger partial charge in [0.1, 0.15) is 5.75 Å². The van der Waals surface area contributed by atoms with E-state index in [4.69, 9.17) is 21.1 Å². The lowest BCUT2D eigenvalue weighted by Gasteiger charge is -2.15. The number of thiazole rings is 1. The zero-order chi connectivity index (χ0) is 18.7. The van der Waals surface area contributed by atoms with Crippen LogP contribution in [-0.4, -0.2) is 30.1 Å². The Kier molecular flexibility index (Phi) is 5.39. The van der Waals surface area contributed by atoms with Crippen LogP contribution in [-0.2, 0) is 9.53 Å². The van der Waals surface area contributed by atoms with Gasteiger partial charge in [-0.25, -0.2) is 9.78 Å². The molecule has 0 spiro atoms. The van der Waals surface area contributed by atoms with E-state index in [1.54, 1.807) is 41.9 Å². The molecule has 6 nitrogen and oxygen atoms in total. The fraction of sp³-hybridized carbons (Fsp3) is 0.167. The molecule has 1 unspecified atom stereocenters. The Morgan fingerprint density at radius 1 is 1.23 bits per heavy atom. The van der Waals surface area contributed by atoms with Crippen molar-refractivity contribution in [3.63, 3.8) is 0 Å². The molecular weight excluding hydrogens is 376 g/mol. The van der Waals surface area contributed by atoms with Gasteiger partial charge < -0.3 is 14.8 Å². The third-order valence-corrected chi connectivity index (χ3v) is 4.67. The Balaban J connectivity index is 1.68. The highest BCUT2D eigenvalue weighted by molar-refractivity contribution is 7.16. The average Bonchev–Trinajstić information content (AvgIpc) is 3.09. The number of halogens is 1.